The molecule has 1 aromatic rings. The standard InChI is InChI=1S/C15H22ClN3O2S/c1-10-7-17-13(18-12(10)16)22-9-11-5-6-19(8-11)14(20)21-15(2,3)4/h7,11H,5-6,8-9H2,1-4H3. The SMILES string of the molecule is Cc1cnc(SCC2CCN(C(=O)OC(C)(C)C)C2)nc1Cl. The largest absolute Gasteiger partial charge is 0.444 e. The van der Waals surface area contributed by atoms with Crippen molar-refractivity contribution in [2.24, 2.45) is 5.92 Å². The Morgan fingerprint density at radius 3 is 2.91 bits per heavy atom. The molecule has 1 atom stereocenters. The molecule has 1 unspecified atom stereocenters. The lowest BCUT2D eigenvalue weighted by Gasteiger charge is -2.24. The van der Waals surface area contributed by atoms with E-state index in [1.54, 1.807) is 22.9 Å². The summed E-state index contributed by atoms with van der Waals surface area (Å²) in [5, 5.41) is 1.19. The van der Waals surface area contributed by atoms with Gasteiger partial charge in [0.15, 0.2) is 5.16 Å². The quantitative estimate of drug-likeness (QED) is 0.475. The van der Waals surface area contributed by atoms with Crippen LogP contribution in [-0.2, 0) is 4.74 Å². The summed E-state index contributed by atoms with van der Waals surface area (Å²) in [6.45, 7) is 9.00. The normalized spacial score (nSPS) is 18.6. The second kappa shape index (κ2) is 7.04. The molecule has 2 heterocycles. The van der Waals surface area contributed by atoms with Crippen molar-refractivity contribution in [2.75, 3.05) is 18.8 Å². The molecule has 1 fully saturated rings. The fourth-order valence-corrected chi connectivity index (χ4v) is 3.25. The number of aromatic nitrogens is 2. The number of rotatable bonds is 3. The van der Waals surface area contributed by atoms with E-state index in [-0.39, 0.29) is 6.09 Å². The molecule has 2 rings (SSSR count). The number of ether oxygens (including phenoxy) is 1. The third-order valence-electron chi connectivity index (χ3n) is 3.27. The van der Waals surface area contributed by atoms with E-state index in [9.17, 15) is 4.79 Å². The predicted octanol–water partition coefficient (Wildman–Crippen LogP) is 3.79. The monoisotopic (exact) mass is 343 g/mol. The first-order chi connectivity index (χ1) is 10.2. The predicted molar refractivity (Wildman–Crippen MR) is 88.4 cm³/mol. The molecule has 122 valence electrons. The summed E-state index contributed by atoms with van der Waals surface area (Å²) < 4.78 is 5.40. The maximum Gasteiger partial charge on any atom is 0.410 e. The first kappa shape index (κ1) is 17.3. The Labute approximate surface area is 140 Å². The van der Waals surface area contributed by atoms with Crippen LogP contribution in [0.5, 0.6) is 0 Å². The highest BCUT2D eigenvalue weighted by atomic mass is 35.5. The van der Waals surface area contributed by atoms with E-state index < -0.39 is 5.60 Å². The zero-order valence-corrected chi connectivity index (χ0v) is 15.0. The van der Waals surface area contributed by atoms with E-state index in [4.69, 9.17) is 16.3 Å². The van der Waals surface area contributed by atoms with Crippen LogP contribution in [0.4, 0.5) is 4.79 Å². The van der Waals surface area contributed by atoms with E-state index in [0.29, 0.717) is 16.2 Å². The second-order valence-electron chi connectivity index (χ2n) is 6.52. The Kier molecular flexibility index (Phi) is 5.55. The van der Waals surface area contributed by atoms with Gasteiger partial charge in [-0.15, -0.1) is 0 Å². The molecule has 0 spiro atoms. The van der Waals surface area contributed by atoms with Crippen molar-refractivity contribution in [3.63, 3.8) is 0 Å². The Bertz CT molecular complexity index is 548. The van der Waals surface area contributed by atoms with Crippen LogP contribution in [0.25, 0.3) is 0 Å². The maximum atomic E-state index is 12.0. The van der Waals surface area contributed by atoms with Gasteiger partial charge >= 0.3 is 6.09 Å². The topological polar surface area (TPSA) is 55.3 Å². The molecule has 0 aromatic carbocycles. The van der Waals surface area contributed by atoms with Crippen LogP contribution >= 0.6 is 23.4 Å². The third-order valence-corrected chi connectivity index (χ3v) is 4.75. The van der Waals surface area contributed by atoms with Crippen molar-refractivity contribution in [3.8, 4) is 0 Å². The van der Waals surface area contributed by atoms with Gasteiger partial charge in [0.25, 0.3) is 0 Å². The van der Waals surface area contributed by atoms with Crippen molar-refractivity contribution < 1.29 is 9.53 Å². The molecule has 1 aliphatic heterocycles. The van der Waals surface area contributed by atoms with E-state index in [1.165, 1.54) is 0 Å². The number of thioether (sulfide) groups is 1. The second-order valence-corrected chi connectivity index (χ2v) is 7.86. The Balaban J connectivity index is 1.81. The average molecular weight is 344 g/mol. The van der Waals surface area contributed by atoms with Crippen LogP contribution in [-0.4, -0.2) is 45.4 Å². The lowest BCUT2D eigenvalue weighted by molar-refractivity contribution is 0.0289. The summed E-state index contributed by atoms with van der Waals surface area (Å²) in [6.07, 6.45) is 2.49. The number of hydrogen-bond acceptors (Lipinski definition) is 5. The fourth-order valence-electron chi connectivity index (χ4n) is 2.13. The van der Waals surface area contributed by atoms with Gasteiger partial charge in [0.2, 0.25) is 0 Å². The molecule has 5 nitrogen and oxygen atoms in total. The zero-order valence-electron chi connectivity index (χ0n) is 13.4. The van der Waals surface area contributed by atoms with Gasteiger partial charge in [-0.1, -0.05) is 23.4 Å². The van der Waals surface area contributed by atoms with Crippen LogP contribution in [0.15, 0.2) is 11.4 Å². The van der Waals surface area contributed by atoms with Crippen LogP contribution in [0.1, 0.15) is 32.8 Å². The Morgan fingerprint density at radius 2 is 2.27 bits per heavy atom. The maximum absolute atomic E-state index is 12.0. The van der Waals surface area contributed by atoms with Crippen LogP contribution in [0, 0.1) is 12.8 Å². The molecule has 0 radical (unpaired) electrons. The van der Waals surface area contributed by atoms with Crippen molar-refractivity contribution in [2.45, 2.75) is 44.9 Å². The summed E-state index contributed by atoms with van der Waals surface area (Å²) in [5.74, 6) is 1.31. The Morgan fingerprint density at radius 1 is 1.55 bits per heavy atom. The Hall–Kier alpha value is -1.01. The van der Waals surface area contributed by atoms with Gasteiger partial charge in [-0.2, -0.15) is 0 Å². The number of halogens is 1. The number of carbonyl (C=O) groups excluding carboxylic acids is 1. The van der Waals surface area contributed by atoms with Gasteiger partial charge in [0.05, 0.1) is 0 Å². The van der Waals surface area contributed by atoms with E-state index in [2.05, 4.69) is 9.97 Å². The third kappa shape index (κ3) is 5.02. The molecule has 7 heteroatoms. The van der Waals surface area contributed by atoms with Crippen molar-refractivity contribution in [3.05, 3.63) is 16.9 Å². The molecular weight excluding hydrogens is 322 g/mol. The first-order valence-electron chi connectivity index (χ1n) is 7.34. The van der Waals surface area contributed by atoms with Crippen molar-refractivity contribution in [1.82, 2.24) is 14.9 Å². The molecule has 22 heavy (non-hydrogen) atoms. The minimum atomic E-state index is -0.448. The van der Waals surface area contributed by atoms with Gasteiger partial charge in [-0.25, -0.2) is 14.8 Å². The zero-order chi connectivity index (χ0) is 16.3. The number of carbonyl (C=O) groups is 1. The molecule has 0 N–H and O–H groups in total. The van der Waals surface area contributed by atoms with Gasteiger partial charge in [-0.3, -0.25) is 0 Å². The van der Waals surface area contributed by atoms with Crippen LogP contribution in [0.2, 0.25) is 5.15 Å². The van der Waals surface area contributed by atoms with Gasteiger partial charge < -0.3 is 9.64 Å². The van der Waals surface area contributed by atoms with E-state index in [0.717, 1.165) is 30.8 Å². The number of amides is 1. The van der Waals surface area contributed by atoms with Crippen LogP contribution in [0.3, 0.4) is 0 Å². The number of likely N-dealkylation sites (tertiary alicyclic amines) is 1. The van der Waals surface area contributed by atoms with Crippen LogP contribution < -0.4 is 0 Å². The molecular formula is C15H22ClN3O2S. The molecule has 0 aliphatic carbocycles. The van der Waals surface area contributed by atoms with Crippen molar-refractivity contribution in [1.29, 1.82) is 0 Å². The molecule has 0 bridgehead atoms. The summed E-state index contributed by atoms with van der Waals surface area (Å²) >= 11 is 7.58. The highest BCUT2D eigenvalue weighted by Gasteiger charge is 2.29. The minimum Gasteiger partial charge on any atom is -0.444 e. The summed E-state index contributed by atoms with van der Waals surface area (Å²) in [6, 6.07) is 0. The van der Waals surface area contributed by atoms with E-state index in [1.807, 2.05) is 27.7 Å². The molecule has 1 amide bonds. The summed E-state index contributed by atoms with van der Waals surface area (Å²) in [5.41, 5.74) is 0.430. The molecule has 1 aromatic heterocycles. The average Bonchev–Trinajstić information content (AvgIpc) is 2.87. The number of hydrogen-bond donors (Lipinski definition) is 0. The summed E-state index contributed by atoms with van der Waals surface area (Å²) in [4.78, 5) is 22.3. The summed E-state index contributed by atoms with van der Waals surface area (Å²) in [7, 11) is 0. The number of nitrogens with zero attached hydrogens (tertiary/aromatic N) is 3. The number of aryl methyl sites for hydroxylation is 1. The van der Waals surface area contributed by atoms with Gasteiger partial charge in [-0.05, 0) is 40.0 Å². The highest BCUT2D eigenvalue weighted by Crippen LogP contribution is 2.26. The molecule has 1 saturated heterocycles. The molecule has 0 saturated carbocycles. The lowest BCUT2D eigenvalue weighted by Crippen LogP contribution is -2.35. The smallest absolute Gasteiger partial charge is 0.410 e. The van der Waals surface area contributed by atoms with Gasteiger partial charge in [0.1, 0.15) is 10.8 Å². The van der Waals surface area contributed by atoms with Crippen molar-refractivity contribution >= 4 is 29.5 Å². The van der Waals surface area contributed by atoms with Gasteiger partial charge in [0, 0.05) is 30.6 Å². The molecule has 1 aliphatic rings. The fraction of sp³-hybridized carbons (Fsp3) is 0.667. The highest BCUT2D eigenvalue weighted by molar-refractivity contribution is 7.99. The van der Waals surface area contributed by atoms with E-state index >= 15 is 0 Å². The minimum absolute atomic E-state index is 0.227. The first-order valence-corrected chi connectivity index (χ1v) is 8.71. The lowest BCUT2D eigenvalue weighted by atomic mass is 10.2.